The summed E-state index contributed by atoms with van der Waals surface area (Å²) in [6, 6.07) is 8.46. The molecule has 1 atom stereocenters. The zero-order chi connectivity index (χ0) is 15.8. The largest absolute Gasteiger partial charge is 0.356 e. The fourth-order valence-corrected chi connectivity index (χ4v) is 2.04. The van der Waals surface area contributed by atoms with E-state index in [1.807, 2.05) is 14.1 Å². The van der Waals surface area contributed by atoms with Crippen LogP contribution in [0.2, 0.25) is 0 Å². The zero-order valence-corrected chi connectivity index (χ0v) is 13.3. The Hall–Kier alpha value is -1.88. The highest BCUT2D eigenvalue weighted by Gasteiger charge is 2.15. The van der Waals surface area contributed by atoms with E-state index in [1.54, 1.807) is 0 Å². The van der Waals surface area contributed by atoms with Gasteiger partial charge in [-0.3, -0.25) is 9.59 Å². The van der Waals surface area contributed by atoms with Crippen LogP contribution in [0.3, 0.4) is 0 Å². The second-order valence-electron chi connectivity index (χ2n) is 5.43. The van der Waals surface area contributed by atoms with Gasteiger partial charge in [0, 0.05) is 26.4 Å². The number of nitrogens with one attached hydrogen (secondary N) is 2. The van der Waals surface area contributed by atoms with Crippen LogP contribution < -0.4 is 10.6 Å². The summed E-state index contributed by atoms with van der Waals surface area (Å²) in [7, 11) is 3.99. The number of nitrogens with zero attached hydrogens (tertiary/aromatic N) is 1. The SMILES string of the molecule is CC(=O)NCCC(=O)NCC(c1ccc(C)cc1)N(C)C. The number of aryl methyl sites for hydroxylation is 1. The van der Waals surface area contributed by atoms with Gasteiger partial charge < -0.3 is 15.5 Å². The van der Waals surface area contributed by atoms with Crippen LogP contribution in [0.5, 0.6) is 0 Å². The van der Waals surface area contributed by atoms with E-state index < -0.39 is 0 Å². The van der Waals surface area contributed by atoms with Crippen molar-refractivity contribution in [1.29, 1.82) is 0 Å². The fourth-order valence-electron chi connectivity index (χ4n) is 2.04. The standard InChI is InChI=1S/C16H25N3O2/c1-12-5-7-14(8-6-12)15(19(3)4)11-18-16(21)9-10-17-13(2)20/h5-8,15H,9-11H2,1-4H3,(H,17,20)(H,18,21). The van der Waals surface area contributed by atoms with Crippen LogP contribution >= 0.6 is 0 Å². The van der Waals surface area contributed by atoms with Crippen molar-refractivity contribution in [3.05, 3.63) is 35.4 Å². The van der Waals surface area contributed by atoms with Crippen LogP contribution in [0.15, 0.2) is 24.3 Å². The van der Waals surface area contributed by atoms with Gasteiger partial charge in [0.15, 0.2) is 0 Å². The molecule has 0 aliphatic heterocycles. The number of hydrogen-bond acceptors (Lipinski definition) is 3. The Morgan fingerprint density at radius 2 is 1.76 bits per heavy atom. The van der Waals surface area contributed by atoms with Crippen molar-refractivity contribution in [2.45, 2.75) is 26.3 Å². The second-order valence-corrected chi connectivity index (χ2v) is 5.43. The molecule has 1 aromatic carbocycles. The predicted octanol–water partition coefficient (Wildman–Crippen LogP) is 1.24. The molecule has 0 radical (unpaired) electrons. The van der Waals surface area contributed by atoms with E-state index in [-0.39, 0.29) is 17.9 Å². The molecular weight excluding hydrogens is 266 g/mol. The predicted molar refractivity (Wildman–Crippen MR) is 83.9 cm³/mol. The minimum absolute atomic E-state index is 0.0530. The number of carbonyl (C=O) groups is 2. The molecule has 116 valence electrons. The van der Waals surface area contributed by atoms with E-state index in [0.29, 0.717) is 19.5 Å². The lowest BCUT2D eigenvalue weighted by Gasteiger charge is -2.25. The molecule has 0 bridgehead atoms. The Morgan fingerprint density at radius 1 is 1.14 bits per heavy atom. The third-order valence-corrected chi connectivity index (χ3v) is 3.30. The number of amides is 2. The van der Waals surface area contributed by atoms with Crippen LogP contribution in [-0.2, 0) is 9.59 Å². The summed E-state index contributed by atoms with van der Waals surface area (Å²) in [5.74, 6) is -0.170. The normalized spacial score (nSPS) is 12.0. The molecule has 0 fully saturated rings. The van der Waals surface area contributed by atoms with Crippen molar-refractivity contribution in [3.8, 4) is 0 Å². The summed E-state index contributed by atoms with van der Waals surface area (Å²) < 4.78 is 0. The van der Waals surface area contributed by atoms with Crippen molar-refractivity contribution in [2.75, 3.05) is 27.2 Å². The Bertz CT molecular complexity index is 469. The minimum atomic E-state index is -0.117. The lowest BCUT2D eigenvalue weighted by Crippen LogP contribution is -2.36. The maximum absolute atomic E-state index is 11.8. The summed E-state index contributed by atoms with van der Waals surface area (Å²) in [6.07, 6.45) is 0.299. The molecule has 0 aliphatic rings. The Kier molecular flexibility index (Phi) is 6.88. The van der Waals surface area contributed by atoms with Crippen LogP contribution in [-0.4, -0.2) is 43.9 Å². The second kappa shape index (κ2) is 8.42. The van der Waals surface area contributed by atoms with Gasteiger partial charge in [0.05, 0.1) is 6.04 Å². The van der Waals surface area contributed by atoms with E-state index in [2.05, 4.69) is 46.7 Å². The molecule has 2 N–H and O–H groups in total. The first-order valence-corrected chi connectivity index (χ1v) is 7.14. The molecule has 0 saturated heterocycles. The molecule has 5 heteroatoms. The number of hydrogen-bond donors (Lipinski definition) is 2. The van der Waals surface area contributed by atoms with Crippen LogP contribution in [0.25, 0.3) is 0 Å². The highest BCUT2D eigenvalue weighted by atomic mass is 16.2. The van der Waals surface area contributed by atoms with Gasteiger partial charge in [0.2, 0.25) is 11.8 Å². The van der Waals surface area contributed by atoms with Crippen molar-refractivity contribution < 1.29 is 9.59 Å². The summed E-state index contributed by atoms with van der Waals surface area (Å²) in [6.45, 7) is 4.42. The van der Waals surface area contributed by atoms with E-state index in [9.17, 15) is 9.59 Å². The number of benzene rings is 1. The summed E-state index contributed by atoms with van der Waals surface area (Å²) in [5.41, 5.74) is 2.39. The summed E-state index contributed by atoms with van der Waals surface area (Å²) >= 11 is 0. The van der Waals surface area contributed by atoms with Crippen molar-refractivity contribution in [2.24, 2.45) is 0 Å². The van der Waals surface area contributed by atoms with Crippen molar-refractivity contribution in [3.63, 3.8) is 0 Å². The van der Waals surface area contributed by atoms with Crippen LogP contribution in [0.4, 0.5) is 0 Å². The Labute approximate surface area is 126 Å². The van der Waals surface area contributed by atoms with Gasteiger partial charge in [-0.1, -0.05) is 29.8 Å². The van der Waals surface area contributed by atoms with Gasteiger partial charge in [0.25, 0.3) is 0 Å². The quantitative estimate of drug-likeness (QED) is 0.794. The van der Waals surface area contributed by atoms with E-state index in [4.69, 9.17) is 0 Å². The summed E-state index contributed by atoms with van der Waals surface area (Å²) in [4.78, 5) is 24.6. The number of rotatable bonds is 7. The molecule has 21 heavy (non-hydrogen) atoms. The molecule has 1 unspecified atom stereocenters. The molecular formula is C16H25N3O2. The molecule has 0 aromatic heterocycles. The van der Waals surface area contributed by atoms with E-state index in [1.165, 1.54) is 18.1 Å². The first-order valence-electron chi connectivity index (χ1n) is 7.14. The lowest BCUT2D eigenvalue weighted by atomic mass is 10.0. The van der Waals surface area contributed by atoms with Crippen molar-refractivity contribution >= 4 is 11.8 Å². The van der Waals surface area contributed by atoms with E-state index in [0.717, 1.165) is 0 Å². The maximum atomic E-state index is 11.8. The van der Waals surface area contributed by atoms with Crippen molar-refractivity contribution in [1.82, 2.24) is 15.5 Å². The zero-order valence-electron chi connectivity index (χ0n) is 13.3. The topological polar surface area (TPSA) is 61.4 Å². The first-order chi connectivity index (χ1) is 9.90. The molecule has 0 saturated carbocycles. The number of carbonyl (C=O) groups excluding carboxylic acids is 2. The molecule has 1 aromatic rings. The van der Waals surface area contributed by atoms with Gasteiger partial charge in [-0.25, -0.2) is 0 Å². The first kappa shape index (κ1) is 17.2. The molecule has 2 amide bonds. The third kappa shape index (κ3) is 6.40. The summed E-state index contributed by atoms with van der Waals surface area (Å²) in [5, 5.41) is 5.53. The average molecular weight is 291 g/mol. The molecule has 5 nitrogen and oxygen atoms in total. The van der Waals surface area contributed by atoms with Crippen LogP contribution in [0, 0.1) is 6.92 Å². The highest BCUT2D eigenvalue weighted by molar-refractivity contribution is 5.77. The van der Waals surface area contributed by atoms with Crippen LogP contribution in [0.1, 0.15) is 30.5 Å². The van der Waals surface area contributed by atoms with Gasteiger partial charge in [0.1, 0.15) is 0 Å². The Balaban J connectivity index is 2.50. The van der Waals surface area contributed by atoms with Gasteiger partial charge in [-0.2, -0.15) is 0 Å². The van der Waals surface area contributed by atoms with Gasteiger partial charge >= 0.3 is 0 Å². The highest BCUT2D eigenvalue weighted by Crippen LogP contribution is 2.17. The fraction of sp³-hybridized carbons (Fsp3) is 0.500. The maximum Gasteiger partial charge on any atom is 0.221 e. The molecule has 0 spiro atoms. The molecule has 0 heterocycles. The monoisotopic (exact) mass is 291 g/mol. The average Bonchev–Trinajstić information content (AvgIpc) is 2.40. The molecule has 0 aliphatic carbocycles. The van der Waals surface area contributed by atoms with Gasteiger partial charge in [-0.15, -0.1) is 0 Å². The smallest absolute Gasteiger partial charge is 0.221 e. The van der Waals surface area contributed by atoms with E-state index >= 15 is 0 Å². The van der Waals surface area contributed by atoms with Gasteiger partial charge in [-0.05, 0) is 26.6 Å². The third-order valence-electron chi connectivity index (χ3n) is 3.30. The number of likely N-dealkylation sites (N-methyl/N-ethyl adjacent to an activating group) is 1. The molecule has 1 rings (SSSR count). The lowest BCUT2D eigenvalue weighted by molar-refractivity contribution is -0.121. The minimum Gasteiger partial charge on any atom is -0.356 e. The Morgan fingerprint density at radius 3 is 2.29 bits per heavy atom.